The molecule has 0 spiro atoms. The van der Waals surface area contributed by atoms with E-state index < -0.39 is 0 Å². The fraction of sp³-hybridized carbons (Fsp3) is 0.600. The summed E-state index contributed by atoms with van der Waals surface area (Å²) in [5, 5.41) is 0. The van der Waals surface area contributed by atoms with Gasteiger partial charge in [0.25, 0.3) is 0 Å². The highest BCUT2D eigenvalue weighted by molar-refractivity contribution is 5.52. The lowest BCUT2D eigenvalue weighted by atomic mass is 9.83. The Hall–Kier alpha value is -0.980. The molecule has 0 aliphatic heterocycles. The minimum atomic E-state index is 0.129. The summed E-state index contributed by atoms with van der Waals surface area (Å²) in [6.45, 7) is 13.3. The van der Waals surface area contributed by atoms with Crippen LogP contribution in [0.25, 0.3) is 0 Å². The van der Waals surface area contributed by atoms with Crippen molar-refractivity contribution < 1.29 is 0 Å². The average Bonchev–Trinajstić information content (AvgIpc) is 1.97. The van der Waals surface area contributed by atoms with Gasteiger partial charge in [0.2, 0.25) is 0 Å². The molecule has 0 atom stereocenters. The minimum Gasteiger partial charge on any atom is -0.398 e. The van der Waals surface area contributed by atoms with Crippen LogP contribution in [-0.2, 0) is 11.8 Å². The Morgan fingerprint density at radius 3 is 1.94 bits per heavy atom. The van der Waals surface area contributed by atoms with Gasteiger partial charge in [-0.2, -0.15) is 0 Å². The molecule has 0 aliphatic rings. The standard InChI is InChI=1S/C15H25N/c1-14(2,3)10-11-7-8-12(13(16)9-11)15(4,5)6/h7-9H,10,16H2,1-6H3. The molecular formula is C15H25N. The summed E-state index contributed by atoms with van der Waals surface area (Å²) in [4.78, 5) is 0. The SMILES string of the molecule is CC(C)(C)Cc1ccc(C(C)(C)C)c(N)c1. The maximum absolute atomic E-state index is 6.13. The molecule has 0 fully saturated rings. The second kappa shape index (κ2) is 4.12. The predicted molar refractivity (Wildman–Crippen MR) is 72.7 cm³/mol. The zero-order valence-electron chi connectivity index (χ0n) is 11.5. The summed E-state index contributed by atoms with van der Waals surface area (Å²) in [5.41, 5.74) is 10.1. The lowest BCUT2D eigenvalue weighted by Gasteiger charge is -2.23. The summed E-state index contributed by atoms with van der Waals surface area (Å²) in [5.74, 6) is 0. The molecule has 1 rings (SSSR count). The van der Waals surface area contributed by atoms with Crippen LogP contribution in [0.3, 0.4) is 0 Å². The maximum atomic E-state index is 6.13. The number of benzene rings is 1. The fourth-order valence-electron chi connectivity index (χ4n) is 2.02. The van der Waals surface area contributed by atoms with Gasteiger partial charge in [0.1, 0.15) is 0 Å². The van der Waals surface area contributed by atoms with Gasteiger partial charge in [-0.3, -0.25) is 0 Å². The van der Waals surface area contributed by atoms with Crippen molar-refractivity contribution in [3.05, 3.63) is 29.3 Å². The Bertz CT molecular complexity index is 364. The van der Waals surface area contributed by atoms with Crippen molar-refractivity contribution in [2.24, 2.45) is 5.41 Å². The number of hydrogen-bond donors (Lipinski definition) is 1. The summed E-state index contributed by atoms with van der Waals surface area (Å²) in [6, 6.07) is 6.52. The van der Waals surface area contributed by atoms with E-state index in [9.17, 15) is 0 Å². The molecule has 0 radical (unpaired) electrons. The van der Waals surface area contributed by atoms with Crippen molar-refractivity contribution in [1.29, 1.82) is 0 Å². The number of rotatable bonds is 1. The lowest BCUT2D eigenvalue weighted by molar-refractivity contribution is 0.411. The minimum absolute atomic E-state index is 0.129. The molecule has 0 unspecified atom stereocenters. The molecule has 0 bridgehead atoms. The van der Waals surface area contributed by atoms with Gasteiger partial charge in [0, 0.05) is 5.69 Å². The molecule has 0 saturated heterocycles. The van der Waals surface area contributed by atoms with Crippen LogP contribution < -0.4 is 5.73 Å². The van der Waals surface area contributed by atoms with Crippen molar-refractivity contribution in [1.82, 2.24) is 0 Å². The highest BCUT2D eigenvalue weighted by Crippen LogP contribution is 2.30. The highest BCUT2D eigenvalue weighted by atomic mass is 14.6. The van der Waals surface area contributed by atoms with Crippen LogP contribution in [0.2, 0.25) is 0 Å². The monoisotopic (exact) mass is 219 g/mol. The highest BCUT2D eigenvalue weighted by Gasteiger charge is 2.18. The Morgan fingerprint density at radius 1 is 1.00 bits per heavy atom. The summed E-state index contributed by atoms with van der Waals surface area (Å²) in [7, 11) is 0. The van der Waals surface area contributed by atoms with Crippen LogP contribution >= 0.6 is 0 Å². The third kappa shape index (κ3) is 3.55. The van der Waals surface area contributed by atoms with Gasteiger partial charge >= 0.3 is 0 Å². The summed E-state index contributed by atoms with van der Waals surface area (Å²) in [6.07, 6.45) is 1.07. The van der Waals surface area contributed by atoms with Gasteiger partial charge in [-0.05, 0) is 34.4 Å². The van der Waals surface area contributed by atoms with Crippen molar-refractivity contribution in [2.75, 3.05) is 5.73 Å². The predicted octanol–water partition coefficient (Wildman–Crippen LogP) is 4.15. The van der Waals surface area contributed by atoms with Crippen molar-refractivity contribution in [3.63, 3.8) is 0 Å². The van der Waals surface area contributed by atoms with Gasteiger partial charge < -0.3 is 5.73 Å². The van der Waals surface area contributed by atoms with Gasteiger partial charge in [-0.25, -0.2) is 0 Å². The van der Waals surface area contributed by atoms with Gasteiger partial charge in [-0.1, -0.05) is 53.7 Å². The molecule has 1 nitrogen and oxygen atoms in total. The average molecular weight is 219 g/mol. The van der Waals surface area contributed by atoms with Crippen LogP contribution in [0.5, 0.6) is 0 Å². The Labute approximate surface area is 100 Å². The van der Waals surface area contributed by atoms with Gasteiger partial charge in [0.05, 0.1) is 0 Å². The molecule has 1 heteroatoms. The van der Waals surface area contributed by atoms with E-state index >= 15 is 0 Å². The molecule has 90 valence electrons. The van der Waals surface area contributed by atoms with E-state index in [0.717, 1.165) is 12.1 Å². The normalized spacial score (nSPS) is 12.9. The number of hydrogen-bond acceptors (Lipinski definition) is 1. The van der Waals surface area contributed by atoms with E-state index in [0.29, 0.717) is 5.41 Å². The van der Waals surface area contributed by atoms with Crippen LogP contribution in [0.1, 0.15) is 52.7 Å². The van der Waals surface area contributed by atoms with Crippen LogP contribution in [0, 0.1) is 5.41 Å². The Kier molecular flexibility index (Phi) is 3.37. The Balaban J connectivity index is 3.01. The topological polar surface area (TPSA) is 26.0 Å². The molecule has 16 heavy (non-hydrogen) atoms. The first-order valence-electron chi connectivity index (χ1n) is 5.98. The fourth-order valence-corrected chi connectivity index (χ4v) is 2.02. The smallest absolute Gasteiger partial charge is 0.0354 e. The third-order valence-corrected chi connectivity index (χ3v) is 2.66. The maximum Gasteiger partial charge on any atom is 0.0354 e. The molecule has 0 aliphatic carbocycles. The van der Waals surface area contributed by atoms with Crippen LogP contribution in [0.15, 0.2) is 18.2 Å². The van der Waals surface area contributed by atoms with Gasteiger partial charge in [0.15, 0.2) is 0 Å². The summed E-state index contributed by atoms with van der Waals surface area (Å²) < 4.78 is 0. The lowest BCUT2D eigenvalue weighted by Crippen LogP contribution is -2.15. The summed E-state index contributed by atoms with van der Waals surface area (Å²) >= 11 is 0. The molecule has 2 N–H and O–H groups in total. The first kappa shape index (κ1) is 13.1. The van der Waals surface area contributed by atoms with Crippen LogP contribution in [-0.4, -0.2) is 0 Å². The van der Waals surface area contributed by atoms with Crippen LogP contribution in [0.4, 0.5) is 5.69 Å². The van der Waals surface area contributed by atoms with Crippen molar-refractivity contribution >= 4 is 5.69 Å². The number of anilines is 1. The number of nitrogens with two attached hydrogens (primary N) is 1. The molecule has 1 aromatic rings. The quantitative estimate of drug-likeness (QED) is 0.705. The molecule has 0 aromatic heterocycles. The first-order chi connectivity index (χ1) is 7.09. The molecule has 0 amide bonds. The molecular weight excluding hydrogens is 194 g/mol. The second-order valence-corrected chi connectivity index (χ2v) is 6.91. The third-order valence-electron chi connectivity index (χ3n) is 2.66. The number of nitrogen functional groups attached to an aromatic ring is 1. The van der Waals surface area contributed by atoms with E-state index in [1.54, 1.807) is 0 Å². The zero-order valence-corrected chi connectivity index (χ0v) is 11.5. The Morgan fingerprint density at radius 2 is 1.56 bits per heavy atom. The zero-order chi connectivity index (χ0) is 12.6. The van der Waals surface area contributed by atoms with E-state index in [2.05, 4.69) is 59.7 Å². The first-order valence-corrected chi connectivity index (χ1v) is 5.98. The van der Waals surface area contributed by atoms with Crippen molar-refractivity contribution in [2.45, 2.75) is 53.4 Å². The molecule has 0 saturated carbocycles. The van der Waals surface area contributed by atoms with Crippen molar-refractivity contribution in [3.8, 4) is 0 Å². The van der Waals surface area contributed by atoms with E-state index in [1.807, 2.05) is 0 Å². The molecule has 0 heterocycles. The molecule has 1 aromatic carbocycles. The van der Waals surface area contributed by atoms with E-state index in [-0.39, 0.29) is 5.41 Å². The van der Waals surface area contributed by atoms with E-state index in [4.69, 9.17) is 5.73 Å². The van der Waals surface area contributed by atoms with E-state index in [1.165, 1.54) is 11.1 Å². The van der Waals surface area contributed by atoms with Gasteiger partial charge in [-0.15, -0.1) is 0 Å². The second-order valence-electron chi connectivity index (χ2n) is 6.91. The largest absolute Gasteiger partial charge is 0.398 e.